The molecule has 0 aliphatic carbocycles. The Labute approximate surface area is 231 Å². The first-order valence-electron chi connectivity index (χ1n) is 10.8. The number of nitrogens with zero attached hydrogens (tertiary/aromatic N) is 1. The van der Waals surface area contributed by atoms with Crippen LogP contribution in [0.15, 0.2) is 35.4 Å². The average molecular weight is 649 g/mol. The van der Waals surface area contributed by atoms with Gasteiger partial charge >= 0.3 is 11.8 Å². The van der Waals surface area contributed by atoms with Crippen molar-refractivity contribution in [3.8, 4) is 11.5 Å². The molecule has 10 nitrogen and oxygen atoms in total. The number of nitrogens with one attached hydrogen (secondary N) is 3. The molecule has 0 bridgehead atoms. The lowest BCUT2D eigenvalue weighted by atomic mass is 10.2. The number of carbonyl (C=O) groups excluding carboxylic acids is 3. The summed E-state index contributed by atoms with van der Waals surface area (Å²) in [7, 11) is 1.45. The van der Waals surface area contributed by atoms with E-state index in [1.165, 1.54) is 13.3 Å². The Morgan fingerprint density at radius 1 is 1.25 bits per heavy atom. The van der Waals surface area contributed by atoms with Gasteiger partial charge in [-0.1, -0.05) is 29.3 Å². The molecule has 13 heteroatoms. The molecular formula is C23H23Cl2IN4O6. The van der Waals surface area contributed by atoms with Crippen molar-refractivity contribution in [3.05, 3.63) is 49.5 Å². The summed E-state index contributed by atoms with van der Waals surface area (Å²) in [5.74, 6) is -1.44. The van der Waals surface area contributed by atoms with Crippen molar-refractivity contribution in [2.75, 3.05) is 32.2 Å². The molecule has 3 N–H and O–H groups in total. The minimum absolute atomic E-state index is 0.0683. The van der Waals surface area contributed by atoms with Crippen molar-refractivity contribution in [2.24, 2.45) is 5.10 Å². The second-order valence-corrected chi connectivity index (χ2v) is 9.46. The number of carbonyl (C=O) groups is 3. The van der Waals surface area contributed by atoms with Gasteiger partial charge in [0.1, 0.15) is 0 Å². The van der Waals surface area contributed by atoms with E-state index in [0.29, 0.717) is 37.9 Å². The fourth-order valence-corrected chi connectivity index (χ4v) is 4.32. The third kappa shape index (κ3) is 7.95. The van der Waals surface area contributed by atoms with Gasteiger partial charge in [-0.15, -0.1) is 0 Å². The van der Waals surface area contributed by atoms with E-state index >= 15 is 0 Å². The number of hydrazone groups is 1. The van der Waals surface area contributed by atoms with E-state index < -0.39 is 17.7 Å². The number of rotatable bonds is 9. The quantitative estimate of drug-likeness (QED) is 0.166. The van der Waals surface area contributed by atoms with Gasteiger partial charge in [0.15, 0.2) is 18.1 Å². The average Bonchev–Trinajstić information content (AvgIpc) is 3.38. The summed E-state index contributed by atoms with van der Waals surface area (Å²) in [5.41, 5.74) is 3.12. The van der Waals surface area contributed by atoms with Crippen molar-refractivity contribution < 1.29 is 28.6 Å². The summed E-state index contributed by atoms with van der Waals surface area (Å²) in [6, 6.07) is 8.21. The van der Waals surface area contributed by atoms with E-state index in [0.717, 1.165) is 12.8 Å². The molecule has 1 heterocycles. The molecule has 2 aromatic carbocycles. The van der Waals surface area contributed by atoms with Crippen LogP contribution in [-0.2, 0) is 19.1 Å². The zero-order valence-electron chi connectivity index (χ0n) is 19.1. The van der Waals surface area contributed by atoms with Crippen LogP contribution in [0.25, 0.3) is 0 Å². The lowest BCUT2D eigenvalue weighted by molar-refractivity contribution is -0.139. The van der Waals surface area contributed by atoms with Crippen LogP contribution in [0.4, 0.5) is 5.69 Å². The van der Waals surface area contributed by atoms with Crippen molar-refractivity contribution >= 4 is 75.4 Å². The molecule has 1 aliphatic heterocycles. The summed E-state index contributed by atoms with van der Waals surface area (Å²) in [6.07, 6.45) is 3.07. The smallest absolute Gasteiger partial charge is 0.329 e. The molecule has 3 rings (SSSR count). The van der Waals surface area contributed by atoms with Crippen LogP contribution in [0.2, 0.25) is 10.0 Å². The van der Waals surface area contributed by atoms with Crippen molar-refractivity contribution in [3.63, 3.8) is 0 Å². The Hall–Kier alpha value is -2.61. The Balaban J connectivity index is 1.54. The van der Waals surface area contributed by atoms with Gasteiger partial charge in [0.25, 0.3) is 5.91 Å². The lowest BCUT2D eigenvalue weighted by Crippen LogP contribution is -2.41. The number of anilines is 1. The topological polar surface area (TPSA) is 127 Å². The maximum atomic E-state index is 12.3. The van der Waals surface area contributed by atoms with Crippen LogP contribution in [0, 0.1) is 3.57 Å². The normalized spacial score (nSPS) is 14.9. The lowest BCUT2D eigenvalue weighted by Gasteiger charge is -2.14. The third-order valence-corrected chi connectivity index (χ3v) is 6.55. The van der Waals surface area contributed by atoms with Gasteiger partial charge in [-0.3, -0.25) is 14.4 Å². The van der Waals surface area contributed by atoms with Crippen LogP contribution < -0.4 is 25.5 Å². The molecule has 0 spiro atoms. The van der Waals surface area contributed by atoms with Gasteiger partial charge in [-0.2, -0.15) is 5.10 Å². The predicted octanol–water partition coefficient (Wildman–Crippen LogP) is 3.37. The second-order valence-electron chi connectivity index (χ2n) is 7.52. The van der Waals surface area contributed by atoms with E-state index in [1.54, 1.807) is 30.3 Å². The SMILES string of the molecule is COc1cc(/C=N\NC(=O)C(=O)NC[C@H]2CCCO2)cc(I)c1OCC(=O)Nc1cccc(Cl)c1Cl. The molecular weight excluding hydrogens is 626 g/mol. The molecule has 0 unspecified atom stereocenters. The molecule has 3 amide bonds. The van der Waals surface area contributed by atoms with Crippen molar-refractivity contribution in [2.45, 2.75) is 18.9 Å². The number of halogens is 3. The number of methoxy groups -OCH3 is 1. The van der Waals surface area contributed by atoms with Gasteiger partial charge < -0.3 is 24.8 Å². The van der Waals surface area contributed by atoms with Crippen LogP contribution in [0.1, 0.15) is 18.4 Å². The van der Waals surface area contributed by atoms with Crippen molar-refractivity contribution in [1.29, 1.82) is 0 Å². The molecule has 192 valence electrons. The second kappa shape index (κ2) is 13.6. The Morgan fingerprint density at radius 3 is 2.78 bits per heavy atom. The molecule has 0 saturated carbocycles. The molecule has 1 aliphatic rings. The standard InChI is InChI=1S/C23H23Cl2IN4O6/c1-34-18-9-13(10-28-30-23(33)22(32)27-11-14-4-3-7-35-14)8-16(26)21(18)36-12-19(31)29-17-6-2-5-15(24)20(17)25/h2,5-6,8-10,14H,3-4,7,11-12H2,1H3,(H,27,32)(H,29,31)(H,30,33)/b28-10-/t14-/m1/s1. The number of hydrogen-bond acceptors (Lipinski definition) is 7. The number of amides is 3. The fourth-order valence-electron chi connectivity index (χ4n) is 3.19. The molecule has 1 atom stereocenters. The first-order chi connectivity index (χ1) is 17.3. The van der Waals surface area contributed by atoms with E-state index in [2.05, 4.69) is 21.2 Å². The maximum absolute atomic E-state index is 12.3. The van der Waals surface area contributed by atoms with E-state index in [-0.39, 0.29) is 24.3 Å². The zero-order valence-corrected chi connectivity index (χ0v) is 22.8. The highest BCUT2D eigenvalue weighted by Gasteiger charge is 2.19. The molecule has 0 aromatic heterocycles. The van der Waals surface area contributed by atoms with E-state index in [4.69, 9.17) is 37.4 Å². The van der Waals surface area contributed by atoms with Gasteiger partial charge in [-0.25, -0.2) is 5.43 Å². The van der Waals surface area contributed by atoms with Crippen LogP contribution >= 0.6 is 45.8 Å². The number of benzene rings is 2. The highest BCUT2D eigenvalue weighted by molar-refractivity contribution is 14.1. The fraction of sp³-hybridized carbons (Fsp3) is 0.304. The molecule has 1 saturated heterocycles. The molecule has 0 radical (unpaired) electrons. The number of ether oxygens (including phenoxy) is 3. The largest absolute Gasteiger partial charge is 0.493 e. The van der Waals surface area contributed by atoms with Crippen molar-refractivity contribution in [1.82, 2.24) is 10.7 Å². The molecule has 36 heavy (non-hydrogen) atoms. The predicted molar refractivity (Wildman–Crippen MR) is 144 cm³/mol. The number of hydrogen-bond donors (Lipinski definition) is 3. The minimum Gasteiger partial charge on any atom is -0.493 e. The summed E-state index contributed by atoms with van der Waals surface area (Å²) in [6.45, 7) is 0.630. The van der Waals surface area contributed by atoms with Gasteiger partial charge in [0.2, 0.25) is 0 Å². The van der Waals surface area contributed by atoms with E-state index in [9.17, 15) is 14.4 Å². The summed E-state index contributed by atoms with van der Waals surface area (Å²) in [4.78, 5) is 36.1. The minimum atomic E-state index is -0.892. The first-order valence-corrected chi connectivity index (χ1v) is 12.6. The Morgan fingerprint density at radius 2 is 2.06 bits per heavy atom. The summed E-state index contributed by atoms with van der Waals surface area (Å²) < 4.78 is 17.1. The monoisotopic (exact) mass is 648 g/mol. The first kappa shape index (κ1) is 28.0. The summed E-state index contributed by atoms with van der Waals surface area (Å²) >= 11 is 14.1. The van der Waals surface area contributed by atoms with Gasteiger partial charge in [0.05, 0.1) is 38.7 Å². The van der Waals surface area contributed by atoms with Crippen LogP contribution in [-0.4, -0.2) is 56.9 Å². The van der Waals surface area contributed by atoms with Gasteiger partial charge in [-0.05, 0) is 65.3 Å². The van der Waals surface area contributed by atoms with Crippen LogP contribution in [0.3, 0.4) is 0 Å². The third-order valence-electron chi connectivity index (χ3n) is 4.93. The highest BCUT2D eigenvalue weighted by Crippen LogP contribution is 2.34. The Bertz CT molecular complexity index is 1160. The Kier molecular flexibility index (Phi) is 10.6. The van der Waals surface area contributed by atoms with Crippen LogP contribution in [0.5, 0.6) is 11.5 Å². The maximum Gasteiger partial charge on any atom is 0.329 e. The molecule has 2 aromatic rings. The molecule has 1 fully saturated rings. The zero-order chi connectivity index (χ0) is 26.1. The highest BCUT2D eigenvalue weighted by atomic mass is 127. The summed E-state index contributed by atoms with van der Waals surface area (Å²) in [5, 5.41) is 9.53. The van der Waals surface area contributed by atoms with E-state index in [1.807, 2.05) is 22.6 Å². The van der Waals surface area contributed by atoms with Gasteiger partial charge in [0, 0.05) is 13.2 Å².